The number of hydrogen-bond acceptors (Lipinski definition) is 5. The lowest BCUT2D eigenvalue weighted by Crippen LogP contribution is -2.05. The quantitative estimate of drug-likeness (QED) is 0.550. The summed E-state index contributed by atoms with van der Waals surface area (Å²) >= 11 is 0. The standard InChI is InChI=1S/C22H26N4O/c1-15(2)19-7-5-6-8-20(19)25-21-13-14-23-22(26-21)24-17-9-11-18(12-10-17)27-16(3)4/h5-16H,1-4H3,(H2,23,24,25,26). The summed E-state index contributed by atoms with van der Waals surface area (Å²) in [4.78, 5) is 8.88. The van der Waals surface area contributed by atoms with Crippen LogP contribution in [0.25, 0.3) is 0 Å². The Morgan fingerprint density at radius 2 is 1.59 bits per heavy atom. The molecule has 3 aromatic rings. The molecule has 1 aromatic heterocycles. The van der Waals surface area contributed by atoms with Crippen molar-refractivity contribution in [3.63, 3.8) is 0 Å². The van der Waals surface area contributed by atoms with Crippen LogP contribution in [-0.4, -0.2) is 16.1 Å². The highest BCUT2D eigenvalue weighted by Gasteiger charge is 2.07. The van der Waals surface area contributed by atoms with Crippen LogP contribution in [0.5, 0.6) is 5.75 Å². The maximum Gasteiger partial charge on any atom is 0.229 e. The van der Waals surface area contributed by atoms with Crippen LogP contribution in [0, 0.1) is 0 Å². The van der Waals surface area contributed by atoms with Gasteiger partial charge >= 0.3 is 0 Å². The van der Waals surface area contributed by atoms with E-state index in [9.17, 15) is 0 Å². The normalized spacial score (nSPS) is 10.9. The number of aromatic nitrogens is 2. The zero-order chi connectivity index (χ0) is 19.2. The molecule has 5 nitrogen and oxygen atoms in total. The molecule has 0 atom stereocenters. The van der Waals surface area contributed by atoms with E-state index in [2.05, 4.69) is 52.6 Å². The van der Waals surface area contributed by atoms with Gasteiger partial charge in [0.05, 0.1) is 6.10 Å². The first-order valence-corrected chi connectivity index (χ1v) is 9.24. The summed E-state index contributed by atoms with van der Waals surface area (Å²) in [6.07, 6.45) is 1.90. The van der Waals surface area contributed by atoms with Crippen LogP contribution in [0.15, 0.2) is 60.8 Å². The fourth-order valence-electron chi connectivity index (χ4n) is 2.76. The Morgan fingerprint density at radius 3 is 2.30 bits per heavy atom. The van der Waals surface area contributed by atoms with Gasteiger partial charge in [0.15, 0.2) is 0 Å². The zero-order valence-electron chi connectivity index (χ0n) is 16.2. The Bertz CT molecular complexity index is 875. The van der Waals surface area contributed by atoms with E-state index < -0.39 is 0 Å². The first-order valence-electron chi connectivity index (χ1n) is 9.24. The molecule has 140 valence electrons. The van der Waals surface area contributed by atoms with Crippen molar-refractivity contribution in [2.75, 3.05) is 10.6 Å². The van der Waals surface area contributed by atoms with Gasteiger partial charge in [-0.05, 0) is 61.7 Å². The van der Waals surface area contributed by atoms with Crippen LogP contribution in [0.1, 0.15) is 39.2 Å². The second kappa shape index (κ2) is 8.54. The molecule has 1 heterocycles. The topological polar surface area (TPSA) is 59.1 Å². The van der Waals surface area contributed by atoms with E-state index in [1.807, 2.05) is 50.2 Å². The molecule has 0 radical (unpaired) electrons. The summed E-state index contributed by atoms with van der Waals surface area (Å²) in [7, 11) is 0. The average molecular weight is 362 g/mol. The molecule has 0 aliphatic heterocycles. The predicted octanol–water partition coefficient (Wildman–Crippen LogP) is 5.87. The molecular formula is C22H26N4O. The summed E-state index contributed by atoms with van der Waals surface area (Å²) < 4.78 is 5.67. The monoisotopic (exact) mass is 362 g/mol. The zero-order valence-corrected chi connectivity index (χ0v) is 16.2. The van der Waals surface area contributed by atoms with Crippen LogP contribution in [0.2, 0.25) is 0 Å². The Kier molecular flexibility index (Phi) is 5.91. The van der Waals surface area contributed by atoms with Crippen LogP contribution in [-0.2, 0) is 0 Å². The predicted molar refractivity (Wildman–Crippen MR) is 111 cm³/mol. The fourth-order valence-corrected chi connectivity index (χ4v) is 2.76. The lowest BCUT2D eigenvalue weighted by atomic mass is 10.0. The van der Waals surface area contributed by atoms with E-state index in [-0.39, 0.29) is 6.10 Å². The second-order valence-corrected chi connectivity index (χ2v) is 6.95. The van der Waals surface area contributed by atoms with Crippen LogP contribution >= 0.6 is 0 Å². The number of rotatable bonds is 7. The van der Waals surface area contributed by atoms with Crippen molar-refractivity contribution in [2.24, 2.45) is 0 Å². The first-order chi connectivity index (χ1) is 13.0. The minimum absolute atomic E-state index is 0.156. The number of para-hydroxylation sites is 1. The smallest absolute Gasteiger partial charge is 0.229 e. The number of hydrogen-bond donors (Lipinski definition) is 2. The van der Waals surface area contributed by atoms with E-state index in [1.165, 1.54) is 5.56 Å². The number of benzene rings is 2. The largest absolute Gasteiger partial charge is 0.491 e. The third kappa shape index (κ3) is 5.20. The van der Waals surface area contributed by atoms with E-state index in [0.29, 0.717) is 11.9 Å². The van der Waals surface area contributed by atoms with E-state index in [1.54, 1.807) is 6.20 Å². The van der Waals surface area contributed by atoms with E-state index in [0.717, 1.165) is 22.9 Å². The summed E-state index contributed by atoms with van der Waals surface area (Å²) in [5, 5.41) is 6.63. The lowest BCUT2D eigenvalue weighted by molar-refractivity contribution is 0.242. The van der Waals surface area contributed by atoms with Gasteiger partial charge in [-0.2, -0.15) is 4.98 Å². The van der Waals surface area contributed by atoms with Crippen molar-refractivity contribution in [3.8, 4) is 5.75 Å². The summed E-state index contributed by atoms with van der Waals surface area (Å²) in [5.74, 6) is 2.57. The molecule has 0 bridgehead atoms. The highest BCUT2D eigenvalue weighted by molar-refractivity contribution is 5.63. The third-order valence-electron chi connectivity index (χ3n) is 3.98. The Balaban J connectivity index is 1.72. The van der Waals surface area contributed by atoms with Crippen LogP contribution < -0.4 is 15.4 Å². The van der Waals surface area contributed by atoms with Crippen molar-refractivity contribution in [1.29, 1.82) is 0 Å². The lowest BCUT2D eigenvalue weighted by Gasteiger charge is -2.14. The van der Waals surface area contributed by atoms with E-state index >= 15 is 0 Å². The van der Waals surface area contributed by atoms with E-state index in [4.69, 9.17) is 4.74 Å². The molecule has 0 amide bonds. The highest BCUT2D eigenvalue weighted by atomic mass is 16.5. The Hall–Kier alpha value is -3.08. The first kappa shape index (κ1) is 18.7. The molecule has 0 spiro atoms. The van der Waals surface area contributed by atoms with Crippen molar-refractivity contribution in [3.05, 3.63) is 66.4 Å². The molecule has 0 saturated heterocycles. The average Bonchev–Trinajstić information content (AvgIpc) is 2.63. The van der Waals surface area contributed by atoms with Crippen LogP contribution in [0.4, 0.5) is 23.1 Å². The van der Waals surface area contributed by atoms with Gasteiger partial charge in [-0.3, -0.25) is 0 Å². The highest BCUT2D eigenvalue weighted by Crippen LogP contribution is 2.26. The number of nitrogens with one attached hydrogen (secondary N) is 2. The SMILES string of the molecule is CC(C)Oc1ccc(Nc2nccc(Nc3ccccc3C(C)C)n2)cc1. The van der Waals surface area contributed by atoms with Gasteiger partial charge < -0.3 is 15.4 Å². The molecule has 3 rings (SSSR count). The maximum absolute atomic E-state index is 5.67. The molecule has 0 saturated carbocycles. The molecule has 0 aliphatic rings. The number of nitrogens with zero attached hydrogens (tertiary/aromatic N) is 2. The van der Waals surface area contributed by atoms with Crippen molar-refractivity contribution in [1.82, 2.24) is 9.97 Å². The Labute approximate surface area is 160 Å². The molecule has 0 aliphatic carbocycles. The third-order valence-corrected chi connectivity index (χ3v) is 3.98. The molecule has 27 heavy (non-hydrogen) atoms. The minimum atomic E-state index is 0.156. The molecule has 0 fully saturated rings. The van der Waals surface area contributed by atoms with Gasteiger partial charge in [-0.25, -0.2) is 4.98 Å². The van der Waals surface area contributed by atoms with Crippen LogP contribution in [0.3, 0.4) is 0 Å². The van der Waals surface area contributed by atoms with Crippen molar-refractivity contribution in [2.45, 2.75) is 39.7 Å². The summed E-state index contributed by atoms with van der Waals surface area (Å²) in [6, 6.07) is 17.9. The van der Waals surface area contributed by atoms with Crippen molar-refractivity contribution < 1.29 is 4.74 Å². The second-order valence-electron chi connectivity index (χ2n) is 6.95. The van der Waals surface area contributed by atoms with Gasteiger partial charge in [0.2, 0.25) is 5.95 Å². The fraction of sp³-hybridized carbons (Fsp3) is 0.273. The molecule has 2 aromatic carbocycles. The molecule has 0 unspecified atom stereocenters. The number of ether oxygens (including phenoxy) is 1. The molecular weight excluding hydrogens is 336 g/mol. The minimum Gasteiger partial charge on any atom is -0.491 e. The molecule has 2 N–H and O–H groups in total. The van der Waals surface area contributed by atoms with Gasteiger partial charge in [0, 0.05) is 17.6 Å². The Morgan fingerprint density at radius 1 is 0.852 bits per heavy atom. The molecule has 5 heteroatoms. The van der Waals surface area contributed by atoms with Gasteiger partial charge in [-0.15, -0.1) is 0 Å². The summed E-state index contributed by atoms with van der Waals surface area (Å²) in [6.45, 7) is 8.38. The maximum atomic E-state index is 5.67. The summed E-state index contributed by atoms with van der Waals surface area (Å²) in [5.41, 5.74) is 3.23. The van der Waals surface area contributed by atoms with Crippen molar-refractivity contribution >= 4 is 23.1 Å². The van der Waals surface area contributed by atoms with Gasteiger partial charge in [0.1, 0.15) is 11.6 Å². The van der Waals surface area contributed by atoms with Gasteiger partial charge in [-0.1, -0.05) is 32.0 Å². The number of anilines is 4. The van der Waals surface area contributed by atoms with Gasteiger partial charge in [0.25, 0.3) is 0 Å².